The second-order valence-electron chi connectivity index (χ2n) is 6.28. The fourth-order valence-corrected chi connectivity index (χ4v) is 2.67. The van der Waals surface area contributed by atoms with Gasteiger partial charge in [-0.1, -0.05) is 18.2 Å². The Hall–Kier alpha value is -3.74. The van der Waals surface area contributed by atoms with Crippen LogP contribution in [-0.2, 0) is 6.42 Å². The third-order valence-electron chi connectivity index (χ3n) is 4.20. The zero-order valence-corrected chi connectivity index (χ0v) is 15.8. The molecule has 0 spiro atoms. The number of rotatable bonds is 7. The Morgan fingerprint density at radius 2 is 1.72 bits per heavy atom. The number of aromatic nitrogens is 1. The molecule has 1 heterocycles. The predicted octanol–water partition coefficient (Wildman–Crippen LogP) is 3.45. The minimum Gasteiger partial charge on any atom is -0.497 e. The van der Waals surface area contributed by atoms with Crippen LogP contribution in [-0.4, -0.2) is 30.5 Å². The van der Waals surface area contributed by atoms with Gasteiger partial charge in [-0.2, -0.15) is 0 Å². The van der Waals surface area contributed by atoms with E-state index in [9.17, 15) is 14.0 Å². The van der Waals surface area contributed by atoms with Crippen LogP contribution in [0.1, 0.15) is 26.3 Å². The maximum absolute atomic E-state index is 13.2. The second kappa shape index (κ2) is 9.45. The lowest BCUT2D eigenvalue weighted by molar-refractivity contribution is 0.0953. The molecule has 0 saturated heterocycles. The number of nitrogens with one attached hydrogen (secondary N) is 2. The second-order valence-corrected chi connectivity index (χ2v) is 6.28. The third-order valence-corrected chi connectivity index (χ3v) is 4.20. The minimum absolute atomic E-state index is 0.206. The van der Waals surface area contributed by atoms with Gasteiger partial charge in [0.05, 0.1) is 18.2 Å². The average Bonchev–Trinajstić information content (AvgIpc) is 2.74. The highest BCUT2D eigenvalue weighted by molar-refractivity contribution is 6.05. The van der Waals surface area contributed by atoms with E-state index in [1.807, 2.05) is 24.3 Å². The Morgan fingerprint density at radius 3 is 2.41 bits per heavy atom. The number of anilines is 1. The number of ether oxygens (including phenoxy) is 1. The number of amides is 2. The van der Waals surface area contributed by atoms with Crippen LogP contribution in [0, 0.1) is 5.82 Å². The Bertz CT molecular complexity index is 1010. The van der Waals surface area contributed by atoms with Crippen LogP contribution in [0.5, 0.6) is 5.75 Å². The van der Waals surface area contributed by atoms with Crippen molar-refractivity contribution in [2.45, 2.75) is 6.42 Å². The number of nitrogens with zero attached hydrogens (tertiary/aromatic N) is 1. The van der Waals surface area contributed by atoms with Gasteiger partial charge in [0, 0.05) is 24.6 Å². The standard InChI is InChI=1S/C22H20FN3O3/c1-29-20-7-5-15(6-8-20)9-10-25-21(27)16-11-17(14-24-13-16)22(28)26-19-4-2-3-18(23)12-19/h2-8,11-14H,9-10H2,1H3,(H,25,27)(H,26,28). The van der Waals surface area contributed by atoms with Crippen molar-refractivity contribution in [3.63, 3.8) is 0 Å². The Labute approximate surface area is 167 Å². The molecule has 2 amide bonds. The van der Waals surface area contributed by atoms with Crippen LogP contribution in [0.3, 0.4) is 0 Å². The topological polar surface area (TPSA) is 80.3 Å². The molecule has 6 nitrogen and oxygen atoms in total. The molecule has 0 atom stereocenters. The molecular weight excluding hydrogens is 373 g/mol. The zero-order chi connectivity index (χ0) is 20.6. The van der Waals surface area contributed by atoms with Crippen LogP contribution >= 0.6 is 0 Å². The molecule has 1 aromatic heterocycles. The van der Waals surface area contributed by atoms with Gasteiger partial charge in [-0.15, -0.1) is 0 Å². The van der Waals surface area contributed by atoms with E-state index in [2.05, 4.69) is 15.6 Å². The fraction of sp³-hybridized carbons (Fsp3) is 0.136. The Balaban J connectivity index is 1.57. The van der Waals surface area contributed by atoms with E-state index in [-0.39, 0.29) is 17.0 Å². The van der Waals surface area contributed by atoms with Crippen molar-refractivity contribution < 1.29 is 18.7 Å². The molecule has 29 heavy (non-hydrogen) atoms. The Kier molecular flexibility index (Phi) is 6.52. The molecule has 0 bridgehead atoms. The number of pyridine rings is 1. The van der Waals surface area contributed by atoms with Crippen molar-refractivity contribution in [3.05, 3.63) is 89.5 Å². The molecule has 3 aromatic rings. The van der Waals surface area contributed by atoms with Crippen LogP contribution < -0.4 is 15.4 Å². The monoisotopic (exact) mass is 393 g/mol. The van der Waals surface area contributed by atoms with Crippen molar-refractivity contribution in [2.75, 3.05) is 19.0 Å². The molecule has 7 heteroatoms. The van der Waals surface area contributed by atoms with Crippen molar-refractivity contribution in [1.29, 1.82) is 0 Å². The van der Waals surface area contributed by atoms with E-state index in [1.54, 1.807) is 13.2 Å². The molecule has 2 N–H and O–H groups in total. The summed E-state index contributed by atoms with van der Waals surface area (Å²) < 4.78 is 18.4. The quantitative estimate of drug-likeness (QED) is 0.644. The maximum atomic E-state index is 13.2. The number of hydrogen-bond acceptors (Lipinski definition) is 4. The van der Waals surface area contributed by atoms with E-state index in [0.29, 0.717) is 18.7 Å². The SMILES string of the molecule is COc1ccc(CCNC(=O)c2cncc(C(=O)Nc3cccc(F)c3)c2)cc1. The third kappa shape index (κ3) is 5.62. The summed E-state index contributed by atoms with van der Waals surface area (Å²) in [6, 6.07) is 14.6. The highest BCUT2D eigenvalue weighted by Crippen LogP contribution is 2.13. The molecule has 0 saturated carbocycles. The van der Waals surface area contributed by atoms with Gasteiger partial charge in [-0.3, -0.25) is 14.6 Å². The largest absolute Gasteiger partial charge is 0.497 e. The molecule has 0 radical (unpaired) electrons. The molecule has 0 unspecified atom stereocenters. The van der Waals surface area contributed by atoms with E-state index < -0.39 is 11.7 Å². The summed E-state index contributed by atoms with van der Waals surface area (Å²) in [5, 5.41) is 5.39. The summed E-state index contributed by atoms with van der Waals surface area (Å²) in [4.78, 5) is 28.7. The maximum Gasteiger partial charge on any atom is 0.257 e. The first-order valence-electron chi connectivity index (χ1n) is 8.98. The lowest BCUT2D eigenvalue weighted by Crippen LogP contribution is -2.26. The predicted molar refractivity (Wildman–Crippen MR) is 108 cm³/mol. The van der Waals surface area contributed by atoms with Gasteiger partial charge in [-0.25, -0.2) is 4.39 Å². The molecular formula is C22H20FN3O3. The minimum atomic E-state index is -0.476. The average molecular weight is 393 g/mol. The lowest BCUT2D eigenvalue weighted by Gasteiger charge is -2.08. The van der Waals surface area contributed by atoms with Crippen LogP contribution in [0.4, 0.5) is 10.1 Å². The number of carbonyl (C=O) groups excluding carboxylic acids is 2. The van der Waals surface area contributed by atoms with Crippen molar-refractivity contribution in [3.8, 4) is 5.75 Å². The first-order valence-corrected chi connectivity index (χ1v) is 8.98. The van der Waals surface area contributed by atoms with Gasteiger partial charge in [-0.05, 0) is 48.4 Å². The molecule has 148 valence electrons. The van der Waals surface area contributed by atoms with Crippen LogP contribution in [0.15, 0.2) is 67.0 Å². The number of benzene rings is 2. The number of hydrogen-bond donors (Lipinski definition) is 2. The summed E-state index contributed by atoms with van der Waals surface area (Å²) in [6.45, 7) is 0.435. The van der Waals surface area contributed by atoms with E-state index in [4.69, 9.17) is 4.74 Å². The zero-order valence-electron chi connectivity index (χ0n) is 15.8. The summed E-state index contributed by atoms with van der Waals surface area (Å²) in [6.07, 6.45) is 3.40. The highest BCUT2D eigenvalue weighted by atomic mass is 19.1. The van der Waals surface area contributed by atoms with Gasteiger partial charge < -0.3 is 15.4 Å². The molecule has 3 rings (SSSR count). The van der Waals surface area contributed by atoms with Gasteiger partial charge in [0.2, 0.25) is 0 Å². The number of methoxy groups -OCH3 is 1. The first-order chi connectivity index (χ1) is 14.0. The number of carbonyl (C=O) groups is 2. The molecule has 0 aliphatic carbocycles. The first kappa shape index (κ1) is 20.0. The summed E-state index contributed by atoms with van der Waals surface area (Å²) in [5.41, 5.74) is 1.86. The van der Waals surface area contributed by atoms with Crippen molar-refractivity contribution >= 4 is 17.5 Å². The van der Waals surface area contributed by atoms with Crippen LogP contribution in [0.25, 0.3) is 0 Å². The summed E-state index contributed by atoms with van der Waals surface area (Å²) in [5.74, 6) is -0.481. The fourth-order valence-electron chi connectivity index (χ4n) is 2.67. The van der Waals surface area contributed by atoms with E-state index in [1.165, 1.54) is 36.7 Å². The highest BCUT2D eigenvalue weighted by Gasteiger charge is 2.12. The van der Waals surface area contributed by atoms with Gasteiger partial charge >= 0.3 is 0 Å². The van der Waals surface area contributed by atoms with E-state index in [0.717, 1.165) is 11.3 Å². The van der Waals surface area contributed by atoms with E-state index >= 15 is 0 Å². The van der Waals surface area contributed by atoms with Gasteiger partial charge in [0.15, 0.2) is 0 Å². The Morgan fingerprint density at radius 1 is 1.00 bits per heavy atom. The molecule has 2 aromatic carbocycles. The van der Waals surface area contributed by atoms with Crippen LogP contribution in [0.2, 0.25) is 0 Å². The molecule has 0 aliphatic heterocycles. The lowest BCUT2D eigenvalue weighted by atomic mass is 10.1. The normalized spacial score (nSPS) is 10.3. The molecule has 0 aliphatic rings. The number of halogens is 1. The summed E-state index contributed by atoms with van der Waals surface area (Å²) >= 11 is 0. The smallest absolute Gasteiger partial charge is 0.257 e. The molecule has 0 fully saturated rings. The van der Waals surface area contributed by atoms with Gasteiger partial charge in [0.25, 0.3) is 11.8 Å². The van der Waals surface area contributed by atoms with Crippen molar-refractivity contribution in [1.82, 2.24) is 10.3 Å². The summed E-state index contributed by atoms with van der Waals surface area (Å²) in [7, 11) is 1.61. The van der Waals surface area contributed by atoms with Gasteiger partial charge in [0.1, 0.15) is 11.6 Å². The van der Waals surface area contributed by atoms with Crippen molar-refractivity contribution in [2.24, 2.45) is 0 Å².